The number of hydrogen-bond donors (Lipinski definition) is 1. The predicted octanol–water partition coefficient (Wildman–Crippen LogP) is 3.56. The number of carbonyl (C=O) groups excluding carboxylic acids is 2. The summed E-state index contributed by atoms with van der Waals surface area (Å²) in [6, 6.07) is 11.2. The first-order valence-electron chi connectivity index (χ1n) is 8.07. The maximum atomic E-state index is 11.9. The molecule has 6 nitrogen and oxygen atoms in total. The van der Waals surface area contributed by atoms with E-state index in [9.17, 15) is 9.59 Å². The monoisotopic (exact) mass is 367 g/mol. The second-order valence-electron chi connectivity index (χ2n) is 5.45. The summed E-state index contributed by atoms with van der Waals surface area (Å²) in [4.78, 5) is 32.0. The normalized spacial score (nSPS) is 10.3. The minimum Gasteiger partial charge on any atom is -0.452 e. The van der Waals surface area contributed by atoms with E-state index >= 15 is 0 Å². The molecular weight excluding hydrogens is 350 g/mol. The summed E-state index contributed by atoms with van der Waals surface area (Å²) in [6.07, 6.45) is 3.96. The number of carbonyl (C=O) groups is 2. The van der Waals surface area contributed by atoms with Crippen LogP contribution in [0.15, 0.2) is 54.2 Å². The molecule has 1 aromatic carbocycles. The Morgan fingerprint density at radius 3 is 2.54 bits per heavy atom. The summed E-state index contributed by atoms with van der Waals surface area (Å²) < 4.78 is 4.98. The molecule has 1 N–H and O–H groups in total. The van der Waals surface area contributed by atoms with Crippen molar-refractivity contribution >= 4 is 28.3 Å². The molecular formula is C19H17N3O3S. The summed E-state index contributed by atoms with van der Waals surface area (Å²) in [7, 11) is 0. The molecule has 132 valence electrons. The Balaban J connectivity index is 1.55. The highest BCUT2D eigenvalue weighted by Crippen LogP contribution is 2.25. The van der Waals surface area contributed by atoms with Crippen molar-refractivity contribution in [2.24, 2.45) is 0 Å². The number of thiazole rings is 1. The average Bonchev–Trinajstić information content (AvgIpc) is 3.15. The largest absolute Gasteiger partial charge is 0.452 e. The van der Waals surface area contributed by atoms with Gasteiger partial charge in [-0.2, -0.15) is 0 Å². The van der Waals surface area contributed by atoms with Crippen molar-refractivity contribution in [3.8, 4) is 11.3 Å². The van der Waals surface area contributed by atoms with E-state index in [2.05, 4.69) is 34.3 Å². The zero-order chi connectivity index (χ0) is 18.4. The van der Waals surface area contributed by atoms with E-state index < -0.39 is 11.9 Å². The van der Waals surface area contributed by atoms with Crippen molar-refractivity contribution in [2.45, 2.75) is 13.3 Å². The summed E-state index contributed by atoms with van der Waals surface area (Å²) >= 11 is 1.32. The van der Waals surface area contributed by atoms with Crippen molar-refractivity contribution in [1.82, 2.24) is 9.97 Å². The van der Waals surface area contributed by atoms with Gasteiger partial charge in [0.05, 0.1) is 11.3 Å². The minimum absolute atomic E-state index is 0.347. The lowest BCUT2D eigenvalue weighted by molar-refractivity contribution is -0.119. The topological polar surface area (TPSA) is 81.2 Å². The highest BCUT2D eigenvalue weighted by Gasteiger charge is 2.12. The lowest BCUT2D eigenvalue weighted by Crippen LogP contribution is -2.20. The summed E-state index contributed by atoms with van der Waals surface area (Å²) in [5.41, 5.74) is 3.39. The van der Waals surface area contributed by atoms with Crippen molar-refractivity contribution in [1.29, 1.82) is 0 Å². The highest BCUT2D eigenvalue weighted by molar-refractivity contribution is 7.14. The van der Waals surface area contributed by atoms with Crippen LogP contribution in [0, 0.1) is 0 Å². The number of pyridine rings is 1. The number of aryl methyl sites for hydroxylation is 1. The number of esters is 1. The quantitative estimate of drug-likeness (QED) is 0.674. The molecule has 0 unspecified atom stereocenters. The molecule has 1 amide bonds. The van der Waals surface area contributed by atoms with Gasteiger partial charge in [-0.15, -0.1) is 11.3 Å². The molecule has 0 saturated carbocycles. The Hall–Kier alpha value is -3.06. The molecule has 2 aromatic heterocycles. The maximum Gasteiger partial charge on any atom is 0.338 e. The van der Waals surface area contributed by atoms with Crippen LogP contribution in [0.5, 0.6) is 0 Å². The van der Waals surface area contributed by atoms with E-state index in [4.69, 9.17) is 4.74 Å². The lowest BCUT2D eigenvalue weighted by Gasteiger charge is -2.04. The van der Waals surface area contributed by atoms with Crippen LogP contribution in [-0.2, 0) is 16.0 Å². The molecule has 3 aromatic rings. The average molecular weight is 367 g/mol. The van der Waals surface area contributed by atoms with E-state index in [-0.39, 0.29) is 6.61 Å². The van der Waals surface area contributed by atoms with Crippen LogP contribution in [0.25, 0.3) is 11.3 Å². The third kappa shape index (κ3) is 4.52. The molecule has 0 aliphatic rings. The van der Waals surface area contributed by atoms with Crippen LogP contribution in [0.3, 0.4) is 0 Å². The Morgan fingerprint density at radius 2 is 1.85 bits per heavy atom. The van der Waals surface area contributed by atoms with E-state index in [1.165, 1.54) is 41.4 Å². The zero-order valence-electron chi connectivity index (χ0n) is 14.1. The molecule has 0 spiro atoms. The van der Waals surface area contributed by atoms with E-state index in [1.807, 2.05) is 17.5 Å². The van der Waals surface area contributed by atoms with Crippen LogP contribution < -0.4 is 5.32 Å². The van der Waals surface area contributed by atoms with Gasteiger partial charge in [0.2, 0.25) is 0 Å². The van der Waals surface area contributed by atoms with Crippen molar-refractivity contribution in [3.63, 3.8) is 0 Å². The van der Waals surface area contributed by atoms with Gasteiger partial charge in [0.25, 0.3) is 5.91 Å². The number of nitrogens with zero attached hydrogens (tertiary/aromatic N) is 2. The predicted molar refractivity (Wildman–Crippen MR) is 100 cm³/mol. The van der Waals surface area contributed by atoms with Gasteiger partial charge < -0.3 is 4.74 Å². The molecule has 2 heterocycles. The SMILES string of the molecule is CCc1ccc(-c2csc(NC(=O)COC(=O)c3ccncc3)n2)cc1. The molecule has 3 rings (SSSR count). The number of ether oxygens (including phenoxy) is 1. The van der Waals surface area contributed by atoms with Crippen LogP contribution in [0.4, 0.5) is 5.13 Å². The van der Waals surface area contributed by atoms with Gasteiger partial charge in [-0.05, 0) is 24.1 Å². The molecule has 0 fully saturated rings. The van der Waals surface area contributed by atoms with Gasteiger partial charge in [0.15, 0.2) is 11.7 Å². The second-order valence-corrected chi connectivity index (χ2v) is 6.31. The fraction of sp³-hybridized carbons (Fsp3) is 0.158. The highest BCUT2D eigenvalue weighted by atomic mass is 32.1. The third-order valence-corrected chi connectivity index (χ3v) is 4.42. The first-order valence-corrected chi connectivity index (χ1v) is 8.95. The van der Waals surface area contributed by atoms with Crippen molar-refractivity contribution < 1.29 is 14.3 Å². The number of hydrogen-bond acceptors (Lipinski definition) is 6. The van der Waals surface area contributed by atoms with Crippen molar-refractivity contribution in [2.75, 3.05) is 11.9 Å². The maximum absolute atomic E-state index is 11.9. The van der Waals surface area contributed by atoms with Gasteiger partial charge >= 0.3 is 5.97 Å². The number of benzene rings is 1. The van der Waals surface area contributed by atoms with Crippen LogP contribution >= 0.6 is 11.3 Å². The van der Waals surface area contributed by atoms with Crippen LogP contribution in [0.2, 0.25) is 0 Å². The van der Waals surface area contributed by atoms with Gasteiger partial charge in [-0.1, -0.05) is 31.2 Å². The molecule has 0 radical (unpaired) electrons. The van der Waals surface area contributed by atoms with Gasteiger partial charge in [0, 0.05) is 23.3 Å². The number of rotatable bonds is 6. The Kier molecular flexibility index (Phi) is 5.70. The van der Waals surface area contributed by atoms with Crippen LogP contribution in [0.1, 0.15) is 22.8 Å². The van der Waals surface area contributed by atoms with E-state index in [0.717, 1.165) is 17.7 Å². The number of amides is 1. The van der Waals surface area contributed by atoms with Gasteiger partial charge in [0.1, 0.15) is 0 Å². The molecule has 0 atom stereocenters. The second kappa shape index (κ2) is 8.35. The minimum atomic E-state index is -0.571. The lowest BCUT2D eigenvalue weighted by atomic mass is 10.1. The number of anilines is 1. The van der Waals surface area contributed by atoms with Gasteiger partial charge in [-0.25, -0.2) is 9.78 Å². The Labute approximate surface area is 154 Å². The zero-order valence-corrected chi connectivity index (χ0v) is 15.0. The van der Waals surface area contributed by atoms with E-state index in [0.29, 0.717) is 10.7 Å². The smallest absolute Gasteiger partial charge is 0.338 e. The molecule has 0 aliphatic carbocycles. The molecule has 0 aliphatic heterocycles. The molecule has 0 bridgehead atoms. The van der Waals surface area contributed by atoms with E-state index in [1.54, 1.807) is 0 Å². The fourth-order valence-corrected chi connectivity index (χ4v) is 2.97. The molecule has 0 saturated heterocycles. The number of aromatic nitrogens is 2. The standard InChI is InChI=1S/C19H17N3O3S/c1-2-13-3-5-14(6-4-13)16-12-26-19(21-16)22-17(23)11-25-18(24)15-7-9-20-10-8-15/h3-10,12H,2,11H2,1H3,(H,21,22,23). The summed E-state index contributed by atoms with van der Waals surface area (Å²) in [5, 5.41) is 4.98. The molecule has 26 heavy (non-hydrogen) atoms. The van der Waals surface area contributed by atoms with Crippen LogP contribution in [-0.4, -0.2) is 28.5 Å². The Bertz CT molecular complexity index is 892. The summed E-state index contributed by atoms with van der Waals surface area (Å²) in [5.74, 6) is -1.01. The van der Waals surface area contributed by atoms with Crippen molar-refractivity contribution in [3.05, 3.63) is 65.3 Å². The fourth-order valence-electron chi connectivity index (χ4n) is 2.23. The summed E-state index contributed by atoms with van der Waals surface area (Å²) in [6.45, 7) is 1.73. The number of nitrogens with one attached hydrogen (secondary N) is 1. The molecule has 7 heteroatoms. The Morgan fingerprint density at radius 1 is 1.12 bits per heavy atom. The van der Waals surface area contributed by atoms with Gasteiger partial charge in [-0.3, -0.25) is 15.1 Å². The third-order valence-electron chi connectivity index (χ3n) is 3.66. The first kappa shape index (κ1) is 17.8. The first-order chi connectivity index (χ1) is 12.7.